The second-order valence-corrected chi connectivity index (χ2v) is 6.68. The summed E-state index contributed by atoms with van der Waals surface area (Å²) in [5.41, 5.74) is 1.06. The molecule has 2 atom stereocenters. The topological polar surface area (TPSA) is 47.0 Å². The molecule has 4 heteroatoms. The van der Waals surface area contributed by atoms with Crippen molar-refractivity contribution >= 4 is 5.82 Å². The van der Waals surface area contributed by atoms with E-state index < -0.39 is 0 Å². The van der Waals surface area contributed by atoms with Gasteiger partial charge in [0.15, 0.2) is 0 Å². The SMILES string of the molecule is CCNc1nc(C2CC2)nc(OC2CCCC(C)C2)c1C. The highest BCUT2D eigenvalue weighted by atomic mass is 16.5. The van der Waals surface area contributed by atoms with Crippen LogP contribution in [0.25, 0.3) is 0 Å². The van der Waals surface area contributed by atoms with Crippen LogP contribution in [-0.2, 0) is 0 Å². The van der Waals surface area contributed by atoms with Gasteiger partial charge in [0.05, 0.1) is 5.56 Å². The molecule has 0 bridgehead atoms. The standard InChI is InChI=1S/C17H27N3O/c1-4-18-15-12(3)17(20-16(19-15)13-8-9-13)21-14-7-5-6-11(2)10-14/h11,13-14H,4-10H2,1-3H3,(H,18,19,20). The van der Waals surface area contributed by atoms with Crippen LogP contribution in [0.1, 0.15) is 69.7 Å². The van der Waals surface area contributed by atoms with Gasteiger partial charge in [-0.25, -0.2) is 4.98 Å². The maximum Gasteiger partial charge on any atom is 0.222 e. The van der Waals surface area contributed by atoms with Crippen molar-refractivity contribution in [3.8, 4) is 5.88 Å². The summed E-state index contributed by atoms with van der Waals surface area (Å²) < 4.78 is 6.27. The molecule has 2 aliphatic rings. The summed E-state index contributed by atoms with van der Waals surface area (Å²) in [6, 6.07) is 0. The van der Waals surface area contributed by atoms with Crippen LogP contribution in [0.2, 0.25) is 0 Å². The lowest BCUT2D eigenvalue weighted by Gasteiger charge is -2.27. The first-order valence-corrected chi connectivity index (χ1v) is 8.46. The first-order chi connectivity index (χ1) is 10.2. The highest BCUT2D eigenvalue weighted by Gasteiger charge is 2.29. The van der Waals surface area contributed by atoms with Crippen LogP contribution in [0, 0.1) is 12.8 Å². The van der Waals surface area contributed by atoms with E-state index in [0.29, 0.717) is 12.0 Å². The molecule has 1 N–H and O–H groups in total. The molecule has 2 fully saturated rings. The Kier molecular flexibility index (Phi) is 4.32. The minimum absolute atomic E-state index is 0.323. The van der Waals surface area contributed by atoms with Crippen molar-refractivity contribution in [3.05, 3.63) is 11.4 Å². The van der Waals surface area contributed by atoms with E-state index in [0.717, 1.165) is 48.4 Å². The number of aromatic nitrogens is 2. The molecule has 0 spiro atoms. The first-order valence-electron chi connectivity index (χ1n) is 8.46. The summed E-state index contributed by atoms with van der Waals surface area (Å²) >= 11 is 0. The van der Waals surface area contributed by atoms with Gasteiger partial charge in [-0.1, -0.05) is 13.3 Å². The monoisotopic (exact) mass is 289 g/mol. The van der Waals surface area contributed by atoms with Crippen LogP contribution in [0.3, 0.4) is 0 Å². The molecular formula is C17H27N3O. The number of anilines is 1. The predicted molar refractivity (Wildman–Crippen MR) is 85.0 cm³/mol. The molecule has 0 saturated heterocycles. The molecule has 116 valence electrons. The Balaban J connectivity index is 1.81. The molecule has 1 aromatic heterocycles. The molecule has 2 aliphatic carbocycles. The maximum atomic E-state index is 6.27. The number of nitrogens with one attached hydrogen (secondary N) is 1. The van der Waals surface area contributed by atoms with Crippen LogP contribution >= 0.6 is 0 Å². The van der Waals surface area contributed by atoms with Crippen LogP contribution in [0.5, 0.6) is 5.88 Å². The van der Waals surface area contributed by atoms with Crippen molar-refractivity contribution in [1.82, 2.24) is 9.97 Å². The minimum Gasteiger partial charge on any atom is -0.474 e. The van der Waals surface area contributed by atoms with Crippen LogP contribution in [0.15, 0.2) is 0 Å². The lowest BCUT2D eigenvalue weighted by Crippen LogP contribution is -2.25. The number of rotatable bonds is 5. The van der Waals surface area contributed by atoms with Gasteiger partial charge >= 0.3 is 0 Å². The Labute approximate surface area is 127 Å². The Morgan fingerprint density at radius 3 is 2.67 bits per heavy atom. The Morgan fingerprint density at radius 2 is 2.00 bits per heavy atom. The second kappa shape index (κ2) is 6.20. The average molecular weight is 289 g/mol. The van der Waals surface area contributed by atoms with Gasteiger partial charge in [0.2, 0.25) is 5.88 Å². The van der Waals surface area contributed by atoms with Crippen molar-refractivity contribution in [1.29, 1.82) is 0 Å². The van der Waals surface area contributed by atoms with Gasteiger partial charge in [0, 0.05) is 12.5 Å². The molecule has 4 nitrogen and oxygen atoms in total. The molecule has 2 unspecified atom stereocenters. The van der Waals surface area contributed by atoms with E-state index >= 15 is 0 Å². The highest BCUT2D eigenvalue weighted by Crippen LogP contribution is 2.40. The lowest BCUT2D eigenvalue weighted by atomic mass is 9.89. The number of hydrogen-bond donors (Lipinski definition) is 1. The summed E-state index contributed by atoms with van der Waals surface area (Å²) in [7, 11) is 0. The van der Waals surface area contributed by atoms with Gasteiger partial charge in [-0.3, -0.25) is 0 Å². The van der Waals surface area contributed by atoms with Gasteiger partial charge in [0.1, 0.15) is 17.7 Å². The van der Waals surface area contributed by atoms with Gasteiger partial charge in [-0.2, -0.15) is 4.98 Å². The zero-order valence-electron chi connectivity index (χ0n) is 13.5. The fourth-order valence-corrected chi connectivity index (χ4v) is 3.13. The van der Waals surface area contributed by atoms with E-state index in [1.165, 1.54) is 25.7 Å². The molecule has 0 aromatic carbocycles. The van der Waals surface area contributed by atoms with Gasteiger partial charge in [0.25, 0.3) is 0 Å². The third-order valence-electron chi connectivity index (χ3n) is 4.57. The van der Waals surface area contributed by atoms with Crippen LogP contribution in [-0.4, -0.2) is 22.6 Å². The number of ether oxygens (including phenoxy) is 1. The summed E-state index contributed by atoms with van der Waals surface area (Å²) in [6.45, 7) is 7.36. The van der Waals surface area contributed by atoms with Gasteiger partial charge < -0.3 is 10.1 Å². The normalized spacial score (nSPS) is 25.7. The molecule has 1 aromatic rings. The zero-order chi connectivity index (χ0) is 14.8. The van der Waals surface area contributed by atoms with Gasteiger partial charge in [-0.05, 0) is 51.9 Å². The molecule has 3 rings (SSSR count). The smallest absolute Gasteiger partial charge is 0.222 e. The Hall–Kier alpha value is -1.32. The lowest BCUT2D eigenvalue weighted by molar-refractivity contribution is 0.122. The van der Waals surface area contributed by atoms with E-state index in [-0.39, 0.29) is 0 Å². The van der Waals surface area contributed by atoms with E-state index in [2.05, 4.69) is 26.1 Å². The fourth-order valence-electron chi connectivity index (χ4n) is 3.13. The van der Waals surface area contributed by atoms with Crippen LogP contribution < -0.4 is 10.1 Å². The fraction of sp³-hybridized carbons (Fsp3) is 0.765. The summed E-state index contributed by atoms with van der Waals surface area (Å²) in [5.74, 6) is 4.04. The quantitative estimate of drug-likeness (QED) is 0.888. The third-order valence-corrected chi connectivity index (χ3v) is 4.57. The van der Waals surface area contributed by atoms with Crippen molar-refractivity contribution in [3.63, 3.8) is 0 Å². The van der Waals surface area contributed by atoms with Crippen LogP contribution in [0.4, 0.5) is 5.82 Å². The molecule has 0 amide bonds. The Morgan fingerprint density at radius 1 is 1.19 bits per heavy atom. The van der Waals surface area contributed by atoms with Crippen molar-refractivity contribution < 1.29 is 4.74 Å². The molecule has 0 aliphatic heterocycles. The summed E-state index contributed by atoms with van der Waals surface area (Å²) in [6.07, 6.45) is 7.67. The third kappa shape index (κ3) is 3.47. The van der Waals surface area contributed by atoms with E-state index in [1.54, 1.807) is 0 Å². The molecule has 1 heterocycles. The summed E-state index contributed by atoms with van der Waals surface area (Å²) in [4.78, 5) is 9.41. The van der Waals surface area contributed by atoms with Gasteiger partial charge in [-0.15, -0.1) is 0 Å². The van der Waals surface area contributed by atoms with E-state index in [1.807, 2.05) is 0 Å². The molecule has 2 saturated carbocycles. The Bertz CT molecular complexity index is 499. The highest BCUT2D eigenvalue weighted by molar-refractivity contribution is 5.49. The van der Waals surface area contributed by atoms with Crippen molar-refractivity contribution in [2.75, 3.05) is 11.9 Å². The van der Waals surface area contributed by atoms with E-state index in [9.17, 15) is 0 Å². The zero-order valence-corrected chi connectivity index (χ0v) is 13.5. The van der Waals surface area contributed by atoms with Crippen molar-refractivity contribution in [2.24, 2.45) is 5.92 Å². The average Bonchev–Trinajstić information content (AvgIpc) is 3.28. The molecule has 0 radical (unpaired) electrons. The second-order valence-electron chi connectivity index (χ2n) is 6.68. The van der Waals surface area contributed by atoms with E-state index in [4.69, 9.17) is 14.7 Å². The maximum absolute atomic E-state index is 6.27. The largest absolute Gasteiger partial charge is 0.474 e. The number of nitrogens with zero attached hydrogens (tertiary/aromatic N) is 2. The minimum atomic E-state index is 0.323. The van der Waals surface area contributed by atoms with Crippen molar-refractivity contribution in [2.45, 2.75) is 71.3 Å². The summed E-state index contributed by atoms with van der Waals surface area (Å²) in [5, 5.41) is 3.35. The molecular weight excluding hydrogens is 262 g/mol. The molecule has 21 heavy (non-hydrogen) atoms. The predicted octanol–water partition coefficient (Wildman–Crippen LogP) is 4.05. The number of hydrogen-bond acceptors (Lipinski definition) is 4. The first kappa shape index (κ1) is 14.6.